The first-order chi connectivity index (χ1) is 20.1. The molecular formula is C28H30ClF3N4O6S. The summed E-state index contributed by atoms with van der Waals surface area (Å²) >= 11 is 6.23. The fourth-order valence-electron chi connectivity index (χ4n) is 3.73. The first-order valence-electron chi connectivity index (χ1n) is 12.8. The number of hydrogen-bond donors (Lipinski definition) is 2. The second-order valence-corrected chi connectivity index (χ2v) is 12.4. The fraction of sp³-hybridized carbons (Fsp3) is 0.321. The van der Waals surface area contributed by atoms with Crippen LogP contribution in [-0.2, 0) is 14.8 Å². The molecule has 0 aliphatic carbocycles. The van der Waals surface area contributed by atoms with Gasteiger partial charge in [-0.15, -0.1) is 0 Å². The molecular weight excluding hydrogens is 613 g/mol. The number of rotatable bonds is 12. The molecule has 0 fully saturated rings. The number of nitrogens with zero attached hydrogens (tertiary/aromatic N) is 2. The van der Waals surface area contributed by atoms with E-state index in [1.807, 2.05) is 0 Å². The lowest BCUT2D eigenvalue weighted by molar-refractivity contribution is -0.189. The van der Waals surface area contributed by atoms with Gasteiger partial charge in [0.05, 0.1) is 16.3 Å². The molecule has 1 aromatic heterocycles. The molecule has 10 nitrogen and oxygen atoms in total. The number of amides is 1. The molecule has 0 spiro atoms. The van der Waals surface area contributed by atoms with Crippen LogP contribution >= 0.6 is 11.6 Å². The number of carbonyl (C=O) groups is 2. The van der Waals surface area contributed by atoms with E-state index in [4.69, 9.17) is 16.3 Å². The minimum Gasteiger partial charge on any atom is -0.492 e. The van der Waals surface area contributed by atoms with Crippen LogP contribution in [0.4, 0.5) is 24.5 Å². The molecule has 232 valence electrons. The van der Waals surface area contributed by atoms with E-state index in [-0.39, 0.29) is 18.0 Å². The van der Waals surface area contributed by atoms with E-state index in [1.54, 1.807) is 63.5 Å². The SMILES string of the molecule is CC(C)(C)NS(=O)(=O)CCN(C(=O)c1cc(OCCNc2ccncc2)cc(Cl)c1OC(=O)C(F)(F)F)c1ccccc1. The molecule has 15 heteroatoms. The summed E-state index contributed by atoms with van der Waals surface area (Å²) in [4.78, 5) is 30.6. The minimum absolute atomic E-state index is 0.00767. The van der Waals surface area contributed by atoms with Crippen LogP contribution in [0, 0.1) is 0 Å². The highest BCUT2D eigenvalue weighted by Gasteiger charge is 2.42. The maximum Gasteiger partial charge on any atom is 0.491 e. The van der Waals surface area contributed by atoms with Crippen molar-refractivity contribution in [3.05, 3.63) is 77.6 Å². The third-order valence-electron chi connectivity index (χ3n) is 5.41. The van der Waals surface area contributed by atoms with Crippen LogP contribution in [0.1, 0.15) is 31.1 Å². The third kappa shape index (κ3) is 10.4. The van der Waals surface area contributed by atoms with Crippen LogP contribution in [0.5, 0.6) is 11.5 Å². The number of anilines is 2. The van der Waals surface area contributed by atoms with E-state index >= 15 is 0 Å². The van der Waals surface area contributed by atoms with Crippen molar-refractivity contribution in [2.75, 3.05) is 35.7 Å². The second kappa shape index (κ2) is 14.1. The number of ether oxygens (including phenoxy) is 2. The molecule has 0 aliphatic heterocycles. The topological polar surface area (TPSA) is 127 Å². The number of hydrogen-bond acceptors (Lipinski definition) is 8. The molecule has 0 atom stereocenters. The highest BCUT2D eigenvalue weighted by atomic mass is 35.5. The summed E-state index contributed by atoms with van der Waals surface area (Å²) in [6.07, 6.45) is -2.21. The molecule has 0 saturated heterocycles. The van der Waals surface area contributed by atoms with E-state index < -0.39 is 62.2 Å². The number of esters is 1. The molecule has 1 amide bonds. The molecule has 0 aliphatic rings. The summed E-state index contributed by atoms with van der Waals surface area (Å²) in [5, 5.41) is 2.57. The van der Waals surface area contributed by atoms with Crippen molar-refractivity contribution in [2.24, 2.45) is 0 Å². The molecule has 3 aromatic rings. The number of para-hydroxylation sites is 1. The van der Waals surface area contributed by atoms with Crippen LogP contribution < -0.4 is 24.4 Å². The number of pyridine rings is 1. The Morgan fingerprint density at radius 3 is 2.28 bits per heavy atom. The first-order valence-corrected chi connectivity index (χ1v) is 14.9. The largest absolute Gasteiger partial charge is 0.492 e. The molecule has 0 unspecified atom stereocenters. The molecule has 0 radical (unpaired) electrons. The lowest BCUT2D eigenvalue weighted by Gasteiger charge is -2.26. The van der Waals surface area contributed by atoms with E-state index in [0.29, 0.717) is 6.54 Å². The predicted molar refractivity (Wildman–Crippen MR) is 156 cm³/mol. The zero-order chi connectivity index (χ0) is 31.8. The Labute approximate surface area is 252 Å². The van der Waals surface area contributed by atoms with Gasteiger partial charge in [0.2, 0.25) is 10.0 Å². The predicted octanol–water partition coefficient (Wildman–Crippen LogP) is 5.06. The normalized spacial score (nSPS) is 12.0. The Hall–Kier alpha value is -3.88. The number of aromatic nitrogens is 1. The van der Waals surface area contributed by atoms with Gasteiger partial charge in [-0.3, -0.25) is 9.78 Å². The average molecular weight is 643 g/mol. The number of benzene rings is 2. The molecule has 2 aromatic carbocycles. The molecule has 0 bridgehead atoms. The van der Waals surface area contributed by atoms with Gasteiger partial charge in [0.15, 0.2) is 5.75 Å². The van der Waals surface area contributed by atoms with Crippen LogP contribution in [0.15, 0.2) is 67.0 Å². The molecule has 1 heterocycles. The summed E-state index contributed by atoms with van der Waals surface area (Å²) in [5.41, 5.74) is -0.357. The van der Waals surface area contributed by atoms with Crippen molar-refractivity contribution in [2.45, 2.75) is 32.5 Å². The smallest absolute Gasteiger partial charge is 0.491 e. The number of halogens is 4. The molecule has 3 rings (SSSR count). The van der Waals surface area contributed by atoms with Gasteiger partial charge in [-0.1, -0.05) is 29.8 Å². The van der Waals surface area contributed by atoms with Gasteiger partial charge in [0.1, 0.15) is 12.4 Å². The van der Waals surface area contributed by atoms with E-state index in [1.165, 1.54) is 12.1 Å². The average Bonchev–Trinajstić information content (AvgIpc) is 2.91. The minimum atomic E-state index is -5.39. The fourth-order valence-corrected chi connectivity index (χ4v) is 5.44. The van der Waals surface area contributed by atoms with Gasteiger partial charge in [-0.2, -0.15) is 13.2 Å². The van der Waals surface area contributed by atoms with Gasteiger partial charge in [0, 0.05) is 48.5 Å². The zero-order valence-electron chi connectivity index (χ0n) is 23.4. The zero-order valence-corrected chi connectivity index (χ0v) is 25.0. The molecule has 0 saturated carbocycles. The Bertz CT molecular complexity index is 1520. The summed E-state index contributed by atoms with van der Waals surface area (Å²) < 4.78 is 77.5. The van der Waals surface area contributed by atoms with E-state index in [9.17, 15) is 31.2 Å². The highest BCUT2D eigenvalue weighted by Crippen LogP contribution is 2.36. The van der Waals surface area contributed by atoms with Crippen molar-refractivity contribution in [3.8, 4) is 11.5 Å². The van der Waals surface area contributed by atoms with Crippen molar-refractivity contribution < 1.29 is 40.7 Å². The third-order valence-corrected chi connectivity index (χ3v) is 7.34. The van der Waals surface area contributed by atoms with Gasteiger partial charge in [0.25, 0.3) is 5.91 Å². The summed E-state index contributed by atoms with van der Waals surface area (Å²) in [7, 11) is -3.90. The number of alkyl halides is 3. The monoisotopic (exact) mass is 642 g/mol. The van der Waals surface area contributed by atoms with Crippen LogP contribution in [0.3, 0.4) is 0 Å². The summed E-state index contributed by atoms with van der Waals surface area (Å²) in [6.45, 7) is 4.88. The van der Waals surface area contributed by atoms with Gasteiger partial charge >= 0.3 is 12.1 Å². The molecule has 2 N–H and O–H groups in total. The van der Waals surface area contributed by atoms with Crippen LogP contribution in [-0.4, -0.2) is 62.4 Å². The lowest BCUT2D eigenvalue weighted by Crippen LogP contribution is -2.45. The summed E-state index contributed by atoms with van der Waals surface area (Å²) in [5.74, 6) is -4.99. The van der Waals surface area contributed by atoms with Crippen LogP contribution in [0.2, 0.25) is 5.02 Å². The lowest BCUT2D eigenvalue weighted by atomic mass is 10.1. The van der Waals surface area contributed by atoms with Gasteiger partial charge in [-0.05, 0) is 51.1 Å². The van der Waals surface area contributed by atoms with E-state index in [0.717, 1.165) is 22.7 Å². The Balaban J connectivity index is 1.97. The van der Waals surface area contributed by atoms with Crippen molar-refractivity contribution in [1.29, 1.82) is 0 Å². The van der Waals surface area contributed by atoms with Crippen molar-refractivity contribution >= 4 is 44.9 Å². The van der Waals surface area contributed by atoms with Gasteiger partial charge in [-0.25, -0.2) is 17.9 Å². The quantitative estimate of drug-likeness (QED) is 0.160. The maximum atomic E-state index is 13.9. The van der Waals surface area contributed by atoms with Crippen molar-refractivity contribution in [1.82, 2.24) is 9.71 Å². The Kier molecular flexibility index (Phi) is 11.0. The van der Waals surface area contributed by atoms with Gasteiger partial charge < -0.3 is 19.7 Å². The highest BCUT2D eigenvalue weighted by molar-refractivity contribution is 7.89. The Morgan fingerprint density at radius 2 is 1.67 bits per heavy atom. The number of nitrogens with one attached hydrogen (secondary N) is 2. The second-order valence-electron chi connectivity index (χ2n) is 10.1. The maximum absolute atomic E-state index is 13.9. The standard InChI is InChI=1S/C28H30ClF3N4O6S/c1-27(2,3)35-43(39,40)16-14-36(20-7-5-4-6-8-20)25(37)22-17-21(41-15-13-34-19-9-11-33-12-10-19)18-23(29)24(22)42-26(38)28(30,31)32/h4-12,17-18,35H,13-16H2,1-3H3,(H,33,34). The van der Waals surface area contributed by atoms with Crippen molar-refractivity contribution in [3.63, 3.8) is 0 Å². The first kappa shape index (κ1) is 33.6. The number of sulfonamides is 1. The van der Waals surface area contributed by atoms with Crippen LogP contribution in [0.25, 0.3) is 0 Å². The number of carbonyl (C=O) groups excluding carboxylic acids is 2. The van der Waals surface area contributed by atoms with E-state index in [2.05, 4.69) is 19.8 Å². The molecule has 43 heavy (non-hydrogen) atoms. The summed E-state index contributed by atoms with van der Waals surface area (Å²) in [6, 6.07) is 13.5. The Morgan fingerprint density at radius 1 is 1.02 bits per heavy atom.